The zero-order chi connectivity index (χ0) is 16.4. The highest BCUT2D eigenvalue weighted by molar-refractivity contribution is 5.87. The number of carbonyl (C=O) groups excluding carboxylic acids is 2. The molecule has 2 atom stereocenters. The monoisotopic (exact) mass is 347 g/mol. The maximum absolute atomic E-state index is 12.6. The Hall–Kier alpha value is -1.06. The van der Waals surface area contributed by atoms with E-state index in [1.165, 1.54) is 0 Å². The number of alkyl halides is 3. The molecule has 1 unspecified atom stereocenters. The molecule has 1 aliphatic heterocycles. The smallest absolute Gasteiger partial charge is 0.379 e. The lowest BCUT2D eigenvalue weighted by molar-refractivity contribution is -0.253. The highest BCUT2D eigenvalue weighted by Crippen LogP contribution is 2.37. The third kappa shape index (κ3) is 4.72. The van der Waals surface area contributed by atoms with E-state index in [-0.39, 0.29) is 24.9 Å². The van der Waals surface area contributed by atoms with Crippen molar-refractivity contribution >= 4 is 24.2 Å². The molecule has 6 nitrogen and oxygen atoms in total. The standard InChI is InChI=1S/C12H20F3N3O3.ClH/c1-7(2)9(16)10(20)17-5-8(19)18-4-3-11(21,6-18)12(13,14)15;/h7,9,21H,3-6,16H2,1-2H3,(H,17,20);1H/t9-,11?;/m0./s1. The molecule has 4 N–H and O–H groups in total. The summed E-state index contributed by atoms with van der Waals surface area (Å²) in [5.41, 5.74) is 2.70. The third-order valence-corrected chi connectivity index (χ3v) is 3.56. The van der Waals surface area contributed by atoms with Crippen molar-refractivity contribution < 1.29 is 27.9 Å². The topological polar surface area (TPSA) is 95.7 Å². The van der Waals surface area contributed by atoms with E-state index in [1.807, 2.05) is 0 Å². The molecular formula is C12H21ClF3N3O3. The Labute approximate surface area is 132 Å². The van der Waals surface area contributed by atoms with Gasteiger partial charge >= 0.3 is 6.18 Å². The molecule has 0 aromatic carbocycles. The average molecular weight is 348 g/mol. The molecule has 22 heavy (non-hydrogen) atoms. The third-order valence-electron chi connectivity index (χ3n) is 3.56. The number of nitrogens with one attached hydrogen (secondary N) is 1. The van der Waals surface area contributed by atoms with Crippen LogP contribution in [0.15, 0.2) is 0 Å². The molecule has 0 bridgehead atoms. The fourth-order valence-corrected chi connectivity index (χ4v) is 1.93. The number of nitrogens with two attached hydrogens (primary N) is 1. The maximum atomic E-state index is 12.6. The molecule has 1 heterocycles. The fourth-order valence-electron chi connectivity index (χ4n) is 1.93. The molecule has 1 fully saturated rings. The Morgan fingerprint density at radius 1 is 1.41 bits per heavy atom. The lowest BCUT2D eigenvalue weighted by atomic mass is 10.0. The Morgan fingerprint density at radius 3 is 2.36 bits per heavy atom. The number of aliphatic hydroxyl groups is 1. The van der Waals surface area contributed by atoms with Crippen molar-refractivity contribution in [1.82, 2.24) is 10.2 Å². The van der Waals surface area contributed by atoms with Crippen molar-refractivity contribution in [2.45, 2.75) is 38.1 Å². The Balaban J connectivity index is 0.00000441. The van der Waals surface area contributed by atoms with Gasteiger partial charge in [-0.1, -0.05) is 13.8 Å². The summed E-state index contributed by atoms with van der Waals surface area (Å²) in [7, 11) is 0. The Kier molecular flexibility index (Phi) is 7.11. The van der Waals surface area contributed by atoms with Crippen molar-refractivity contribution in [2.24, 2.45) is 11.7 Å². The Morgan fingerprint density at radius 2 is 1.95 bits per heavy atom. The van der Waals surface area contributed by atoms with Gasteiger partial charge < -0.3 is 21.1 Å². The van der Waals surface area contributed by atoms with Crippen LogP contribution in [0.3, 0.4) is 0 Å². The van der Waals surface area contributed by atoms with Crippen molar-refractivity contribution in [3.63, 3.8) is 0 Å². The molecule has 2 amide bonds. The van der Waals surface area contributed by atoms with E-state index in [9.17, 15) is 27.9 Å². The van der Waals surface area contributed by atoms with Crippen LogP contribution in [-0.2, 0) is 9.59 Å². The molecule has 1 saturated heterocycles. The van der Waals surface area contributed by atoms with Gasteiger partial charge in [-0.15, -0.1) is 12.4 Å². The fraction of sp³-hybridized carbons (Fsp3) is 0.833. The molecule has 0 aromatic heterocycles. The van der Waals surface area contributed by atoms with E-state index < -0.39 is 49.1 Å². The van der Waals surface area contributed by atoms with Gasteiger partial charge in [-0.05, 0) is 5.92 Å². The first-order valence-electron chi connectivity index (χ1n) is 6.58. The van der Waals surface area contributed by atoms with Crippen molar-refractivity contribution in [3.8, 4) is 0 Å². The van der Waals surface area contributed by atoms with Crippen LogP contribution >= 0.6 is 12.4 Å². The Bertz CT molecular complexity index is 420. The number of hydrogen-bond acceptors (Lipinski definition) is 4. The predicted octanol–water partition coefficient (Wildman–Crippen LogP) is 0.0334. The summed E-state index contributed by atoms with van der Waals surface area (Å²) in [5, 5.41) is 11.7. The lowest BCUT2D eigenvalue weighted by Gasteiger charge is -2.26. The molecule has 0 radical (unpaired) electrons. The van der Waals surface area contributed by atoms with Crippen LogP contribution in [0.2, 0.25) is 0 Å². The van der Waals surface area contributed by atoms with Crippen LogP contribution in [0.25, 0.3) is 0 Å². The van der Waals surface area contributed by atoms with Crippen LogP contribution in [0.4, 0.5) is 13.2 Å². The van der Waals surface area contributed by atoms with Gasteiger partial charge in [-0.25, -0.2) is 0 Å². The minimum absolute atomic E-state index is 0. The SMILES string of the molecule is CC(C)[C@H](N)C(=O)NCC(=O)N1CCC(O)(C(F)(F)F)C1.Cl. The van der Waals surface area contributed by atoms with Gasteiger partial charge in [0.2, 0.25) is 11.8 Å². The van der Waals surface area contributed by atoms with Crippen LogP contribution < -0.4 is 11.1 Å². The zero-order valence-electron chi connectivity index (χ0n) is 12.3. The molecular weight excluding hydrogens is 327 g/mol. The number of halogens is 4. The van der Waals surface area contributed by atoms with Crippen molar-refractivity contribution in [3.05, 3.63) is 0 Å². The second-order valence-corrected chi connectivity index (χ2v) is 5.58. The summed E-state index contributed by atoms with van der Waals surface area (Å²) >= 11 is 0. The quantitative estimate of drug-likeness (QED) is 0.669. The molecule has 1 aliphatic rings. The number of likely N-dealkylation sites (tertiary alicyclic amines) is 1. The summed E-state index contributed by atoms with van der Waals surface area (Å²) < 4.78 is 37.8. The minimum Gasteiger partial charge on any atom is -0.379 e. The first-order chi connectivity index (χ1) is 9.48. The van der Waals surface area contributed by atoms with E-state index in [4.69, 9.17) is 5.73 Å². The molecule has 0 aliphatic carbocycles. The minimum atomic E-state index is -4.79. The number of nitrogens with zero attached hydrogens (tertiary/aromatic N) is 1. The van der Waals surface area contributed by atoms with Crippen LogP contribution in [0.5, 0.6) is 0 Å². The van der Waals surface area contributed by atoms with Gasteiger partial charge in [-0.2, -0.15) is 13.2 Å². The van der Waals surface area contributed by atoms with E-state index >= 15 is 0 Å². The number of amides is 2. The maximum Gasteiger partial charge on any atom is 0.419 e. The van der Waals surface area contributed by atoms with Crippen LogP contribution in [0.1, 0.15) is 20.3 Å². The van der Waals surface area contributed by atoms with Crippen LogP contribution in [-0.4, -0.2) is 59.3 Å². The van der Waals surface area contributed by atoms with E-state index in [0.717, 1.165) is 4.90 Å². The summed E-state index contributed by atoms with van der Waals surface area (Å²) in [6, 6.07) is -0.788. The molecule has 130 valence electrons. The molecule has 0 saturated carbocycles. The van der Waals surface area contributed by atoms with Gasteiger partial charge in [0.25, 0.3) is 0 Å². The number of carbonyl (C=O) groups is 2. The van der Waals surface area contributed by atoms with Crippen LogP contribution in [0, 0.1) is 5.92 Å². The van der Waals surface area contributed by atoms with Gasteiger partial charge in [0, 0.05) is 13.0 Å². The highest BCUT2D eigenvalue weighted by atomic mass is 35.5. The molecule has 1 rings (SSSR count). The van der Waals surface area contributed by atoms with E-state index in [2.05, 4.69) is 5.32 Å². The summed E-state index contributed by atoms with van der Waals surface area (Å²) in [5.74, 6) is -1.34. The first kappa shape index (κ1) is 20.9. The largest absolute Gasteiger partial charge is 0.419 e. The van der Waals surface area contributed by atoms with Crippen molar-refractivity contribution in [1.29, 1.82) is 0 Å². The normalized spacial score (nSPS) is 23.2. The zero-order valence-corrected chi connectivity index (χ0v) is 13.1. The second-order valence-electron chi connectivity index (χ2n) is 5.58. The van der Waals surface area contributed by atoms with Gasteiger partial charge in [0.1, 0.15) is 0 Å². The van der Waals surface area contributed by atoms with Gasteiger partial charge in [-0.3, -0.25) is 9.59 Å². The van der Waals surface area contributed by atoms with E-state index in [0.29, 0.717) is 0 Å². The highest BCUT2D eigenvalue weighted by Gasteiger charge is 2.57. The molecule has 0 spiro atoms. The molecule has 10 heteroatoms. The molecule has 0 aromatic rings. The predicted molar refractivity (Wildman–Crippen MR) is 75.3 cm³/mol. The summed E-state index contributed by atoms with van der Waals surface area (Å²) in [6.45, 7) is 2.00. The summed E-state index contributed by atoms with van der Waals surface area (Å²) in [6.07, 6.45) is -5.35. The first-order valence-corrected chi connectivity index (χ1v) is 6.58. The van der Waals surface area contributed by atoms with Gasteiger partial charge in [0.05, 0.1) is 19.1 Å². The number of rotatable bonds is 4. The number of β-amino-alcohol motifs (C(OH)–C–C–N with tert-alkyl or cyclic N) is 1. The number of hydrogen-bond donors (Lipinski definition) is 3. The van der Waals surface area contributed by atoms with Gasteiger partial charge in [0.15, 0.2) is 5.60 Å². The second kappa shape index (κ2) is 7.47. The summed E-state index contributed by atoms with van der Waals surface area (Å²) in [4.78, 5) is 24.2. The lowest BCUT2D eigenvalue weighted by Crippen LogP contribution is -2.50. The average Bonchev–Trinajstić information content (AvgIpc) is 2.78. The van der Waals surface area contributed by atoms with E-state index in [1.54, 1.807) is 13.8 Å². The van der Waals surface area contributed by atoms with Crippen molar-refractivity contribution in [2.75, 3.05) is 19.6 Å².